The quantitative estimate of drug-likeness (QED) is 0.250. The molecule has 0 aliphatic carbocycles. The molecular formula is C22H24I3NO. The summed E-state index contributed by atoms with van der Waals surface area (Å²) in [6.45, 7) is 1.07. The van der Waals surface area contributed by atoms with Crippen LogP contribution in [0.5, 0.6) is 5.75 Å². The second-order valence-corrected chi connectivity index (χ2v) is 17.7. The topological polar surface area (TPSA) is 12.5 Å². The summed E-state index contributed by atoms with van der Waals surface area (Å²) in [7, 11) is 1.74. The maximum atomic E-state index is 5.38. The van der Waals surface area contributed by atoms with Gasteiger partial charge in [-0.15, -0.1) is 0 Å². The number of rotatable bonds is 4. The Morgan fingerprint density at radius 1 is 1.04 bits per heavy atom. The lowest BCUT2D eigenvalue weighted by atomic mass is 9.94. The highest BCUT2D eigenvalue weighted by Crippen LogP contribution is 2.39. The van der Waals surface area contributed by atoms with Gasteiger partial charge in [0.1, 0.15) is 5.69 Å². The molecule has 2 aromatic rings. The van der Waals surface area contributed by atoms with E-state index in [1.54, 1.807) is 7.11 Å². The van der Waals surface area contributed by atoms with Gasteiger partial charge in [0.15, 0.2) is 0 Å². The minimum absolute atomic E-state index is 0.579. The monoisotopic (exact) mass is 699 g/mol. The van der Waals surface area contributed by atoms with Gasteiger partial charge >= 0.3 is 0 Å². The van der Waals surface area contributed by atoms with Gasteiger partial charge in [0.25, 0.3) is 0 Å². The van der Waals surface area contributed by atoms with Crippen LogP contribution in [-0.4, -0.2) is 24.0 Å². The zero-order valence-corrected chi connectivity index (χ0v) is 21.8. The first-order valence-electron chi connectivity index (χ1n) is 9.14. The summed E-state index contributed by atoms with van der Waals surface area (Å²) in [5.74, 6) is 0.947. The van der Waals surface area contributed by atoms with Gasteiger partial charge in [-0.05, 0) is 48.1 Å². The molecule has 2 atom stereocenters. The molecule has 0 saturated carbocycles. The predicted molar refractivity (Wildman–Crippen MR) is 140 cm³/mol. The molecule has 1 fully saturated rings. The van der Waals surface area contributed by atoms with Gasteiger partial charge in [0.05, 0.1) is 7.11 Å². The number of hydrogen-bond donors (Lipinski definition) is 0. The molecular weight excluding hydrogens is 675 g/mol. The van der Waals surface area contributed by atoms with Crippen molar-refractivity contribution in [3.8, 4) is 5.75 Å². The van der Waals surface area contributed by atoms with E-state index in [1.807, 2.05) is 6.07 Å². The molecule has 0 radical (unpaired) electrons. The normalized spacial score (nSPS) is 21.4. The molecule has 2 bridgehead atoms. The van der Waals surface area contributed by atoms with Crippen molar-refractivity contribution in [3.05, 3.63) is 71.8 Å². The SMILES string of the molecule is COc1cccc(C2=CC3CCC(C2)N3Cc2ccccc2)c1.IC(I)I. The van der Waals surface area contributed by atoms with E-state index in [9.17, 15) is 0 Å². The fraction of sp³-hybridized carbons (Fsp3) is 0.364. The Morgan fingerprint density at radius 2 is 1.78 bits per heavy atom. The van der Waals surface area contributed by atoms with Crippen LogP contribution in [0.15, 0.2) is 60.7 Å². The predicted octanol–water partition coefficient (Wildman–Crippen LogP) is 7.09. The average molecular weight is 699 g/mol. The third kappa shape index (κ3) is 6.30. The molecule has 2 heterocycles. The summed E-state index contributed by atoms with van der Waals surface area (Å²) < 4.78 is 6.12. The third-order valence-corrected chi connectivity index (χ3v) is 5.19. The second-order valence-electron chi connectivity index (χ2n) is 6.83. The van der Waals surface area contributed by atoms with Crippen molar-refractivity contribution in [2.75, 3.05) is 7.11 Å². The molecule has 2 unspecified atom stereocenters. The van der Waals surface area contributed by atoms with Crippen LogP contribution in [0.25, 0.3) is 5.57 Å². The van der Waals surface area contributed by atoms with Crippen LogP contribution >= 0.6 is 67.8 Å². The van der Waals surface area contributed by atoms with E-state index in [0.717, 1.165) is 18.7 Å². The van der Waals surface area contributed by atoms with Crippen molar-refractivity contribution in [2.24, 2.45) is 0 Å². The second kappa shape index (κ2) is 10.8. The molecule has 0 N–H and O–H groups in total. The molecule has 2 aliphatic rings. The van der Waals surface area contributed by atoms with Crippen LogP contribution in [0.4, 0.5) is 0 Å². The first-order valence-corrected chi connectivity index (χ1v) is 12.9. The van der Waals surface area contributed by atoms with Crippen molar-refractivity contribution in [2.45, 2.75) is 37.8 Å². The average Bonchev–Trinajstić information content (AvgIpc) is 2.90. The number of methoxy groups -OCH3 is 1. The number of hydrogen-bond acceptors (Lipinski definition) is 2. The van der Waals surface area contributed by atoms with E-state index >= 15 is 0 Å². The Bertz CT molecular complexity index is 760. The van der Waals surface area contributed by atoms with Gasteiger partial charge in [-0.1, -0.05) is 116 Å². The first-order chi connectivity index (χ1) is 13.1. The van der Waals surface area contributed by atoms with Gasteiger partial charge in [0.2, 0.25) is 0 Å². The Balaban J connectivity index is 0.000000481. The number of alkyl halides is 3. The van der Waals surface area contributed by atoms with Crippen molar-refractivity contribution in [1.82, 2.24) is 4.90 Å². The molecule has 2 aromatic carbocycles. The number of fused-ring (bicyclic) bond motifs is 2. The Kier molecular flexibility index (Phi) is 8.71. The number of halogens is 3. The van der Waals surface area contributed by atoms with Crippen LogP contribution in [-0.2, 0) is 6.54 Å². The standard InChI is InChI=1S/C21H23NO.CHI3/c1-23-21-9-5-8-17(14-21)18-12-19-10-11-20(13-18)22(19)15-16-6-3-2-4-7-16;2-1(3)4/h2-9,12,14,19-20H,10-11,13,15H2,1H3;1H. The maximum absolute atomic E-state index is 5.38. The largest absolute Gasteiger partial charge is 0.497 e. The van der Waals surface area contributed by atoms with E-state index in [-0.39, 0.29) is 0 Å². The van der Waals surface area contributed by atoms with Crippen molar-refractivity contribution >= 4 is 73.3 Å². The summed E-state index contributed by atoms with van der Waals surface area (Å²) in [4.78, 5) is 2.68. The van der Waals surface area contributed by atoms with E-state index in [0.29, 0.717) is 12.1 Å². The molecule has 0 amide bonds. The molecule has 0 spiro atoms. The number of ether oxygens (including phenoxy) is 1. The summed E-state index contributed by atoms with van der Waals surface area (Å²) in [5.41, 5.74) is 4.23. The summed E-state index contributed by atoms with van der Waals surface area (Å²) in [6, 6.07) is 20.6. The van der Waals surface area contributed by atoms with Crippen molar-refractivity contribution in [3.63, 3.8) is 0 Å². The highest BCUT2D eigenvalue weighted by molar-refractivity contribution is 14.3. The van der Waals surface area contributed by atoms with Crippen LogP contribution in [0, 0.1) is 0 Å². The summed E-state index contributed by atoms with van der Waals surface area (Å²) in [6.07, 6.45) is 6.23. The lowest BCUT2D eigenvalue weighted by Crippen LogP contribution is -2.37. The van der Waals surface area contributed by atoms with Gasteiger partial charge in [-0.25, -0.2) is 0 Å². The fourth-order valence-corrected chi connectivity index (χ4v) is 4.00. The van der Waals surface area contributed by atoms with Gasteiger partial charge in [0, 0.05) is 18.6 Å². The minimum atomic E-state index is 0.579. The zero-order chi connectivity index (χ0) is 19.2. The zero-order valence-electron chi connectivity index (χ0n) is 15.3. The number of benzene rings is 2. The molecule has 27 heavy (non-hydrogen) atoms. The number of nitrogens with zero attached hydrogens (tertiary/aromatic N) is 1. The molecule has 2 aliphatic heterocycles. The van der Waals surface area contributed by atoms with Crippen LogP contribution in [0.3, 0.4) is 0 Å². The van der Waals surface area contributed by atoms with Crippen LogP contribution < -0.4 is 4.74 Å². The lowest BCUT2D eigenvalue weighted by Gasteiger charge is -2.34. The van der Waals surface area contributed by atoms with Crippen LogP contribution in [0.2, 0.25) is 0 Å². The van der Waals surface area contributed by atoms with Crippen LogP contribution in [0.1, 0.15) is 30.4 Å². The van der Waals surface area contributed by atoms with E-state index in [4.69, 9.17) is 4.74 Å². The molecule has 1 saturated heterocycles. The van der Waals surface area contributed by atoms with E-state index in [1.165, 1.54) is 29.5 Å². The van der Waals surface area contributed by atoms with E-state index < -0.39 is 0 Å². The van der Waals surface area contributed by atoms with Crippen molar-refractivity contribution in [1.29, 1.82) is 0 Å². The lowest BCUT2D eigenvalue weighted by molar-refractivity contribution is 0.203. The highest BCUT2D eigenvalue weighted by Gasteiger charge is 2.36. The highest BCUT2D eigenvalue weighted by atomic mass is 127. The molecule has 0 aromatic heterocycles. The Hall–Kier alpha value is 0.130. The maximum Gasteiger partial charge on any atom is 0.119 e. The molecule has 2 nitrogen and oxygen atoms in total. The fourth-order valence-electron chi connectivity index (χ4n) is 4.00. The molecule has 4 rings (SSSR count). The smallest absolute Gasteiger partial charge is 0.119 e. The van der Waals surface area contributed by atoms with Crippen molar-refractivity contribution < 1.29 is 4.74 Å². The molecule has 144 valence electrons. The van der Waals surface area contributed by atoms with Gasteiger partial charge in [-0.3, -0.25) is 4.90 Å². The summed E-state index contributed by atoms with van der Waals surface area (Å²) >= 11 is 6.95. The first kappa shape index (κ1) is 21.8. The third-order valence-electron chi connectivity index (χ3n) is 5.19. The minimum Gasteiger partial charge on any atom is -0.497 e. The Labute approximate surface area is 203 Å². The molecule has 5 heteroatoms. The van der Waals surface area contributed by atoms with E-state index in [2.05, 4.69) is 127 Å². The van der Waals surface area contributed by atoms with Gasteiger partial charge < -0.3 is 4.74 Å². The van der Waals surface area contributed by atoms with Gasteiger partial charge in [-0.2, -0.15) is 0 Å². The summed E-state index contributed by atoms with van der Waals surface area (Å²) in [5, 5.41) is 0. The Morgan fingerprint density at radius 3 is 2.44 bits per heavy atom.